The van der Waals surface area contributed by atoms with Crippen molar-refractivity contribution in [3.8, 4) is 0 Å². The molecule has 2 rings (SSSR count). The number of nitrogens with one attached hydrogen (secondary N) is 2. The van der Waals surface area contributed by atoms with Gasteiger partial charge in [0, 0.05) is 13.1 Å². The predicted molar refractivity (Wildman–Crippen MR) is 89.9 cm³/mol. The second kappa shape index (κ2) is 8.50. The third kappa shape index (κ3) is 4.94. The van der Waals surface area contributed by atoms with Gasteiger partial charge in [-0.25, -0.2) is 9.59 Å². The van der Waals surface area contributed by atoms with Crippen LogP contribution in [0.3, 0.4) is 0 Å². The third-order valence-corrected chi connectivity index (χ3v) is 3.64. The van der Waals surface area contributed by atoms with Crippen LogP contribution < -0.4 is 0 Å². The first-order valence-corrected chi connectivity index (χ1v) is 7.44. The highest BCUT2D eigenvalue weighted by molar-refractivity contribution is 6.36. The number of halogens is 2. The summed E-state index contributed by atoms with van der Waals surface area (Å²) in [5.74, 6) is -2.20. The number of carbonyl (C=O) groups is 4. The highest BCUT2D eigenvalue weighted by Crippen LogP contribution is 2.20. The van der Waals surface area contributed by atoms with Gasteiger partial charge in [-0.15, -0.1) is 0 Å². The number of aromatic carboxylic acids is 1. The molecule has 0 unspecified atom stereocenters. The number of Topliss-reactive ketones (excluding diaryl/α,β-unsaturated/α-hetero) is 2. The Morgan fingerprint density at radius 2 is 1.68 bits per heavy atom. The van der Waals surface area contributed by atoms with Gasteiger partial charge < -0.3 is 19.8 Å². The summed E-state index contributed by atoms with van der Waals surface area (Å²) >= 11 is 11.3. The molecule has 0 saturated carbocycles. The molecule has 0 saturated heterocycles. The Morgan fingerprint density at radius 3 is 2.00 bits per heavy atom. The lowest BCUT2D eigenvalue weighted by Gasteiger charge is -1.94. The van der Waals surface area contributed by atoms with Crippen LogP contribution >= 0.6 is 23.2 Å². The molecule has 2 heterocycles. The zero-order valence-electron chi connectivity index (χ0n) is 13.4. The van der Waals surface area contributed by atoms with Gasteiger partial charge in [0.1, 0.15) is 11.4 Å². The number of aromatic nitrogens is 2. The summed E-state index contributed by atoms with van der Waals surface area (Å²) in [6, 6.07) is 1.40. The van der Waals surface area contributed by atoms with E-state index in [0.717, 1.165) is 0 Å². The molecule has 25 heavy (non-hydrogen) atoms. The van der Waals surface area contributed by atoms with Crippen LogP contribution in [0.1, 0.15) is 55.7 Å². The summed E-state index contributed by atoms with van der Waals surface area (Å²) in [6.45, 7) is 2.70. The summed E-state index contributed by atoms with van der Waals surface area (Å²) in [6.07, 6.45) is 1.29. The second-order valence-corrected chi connectivity index (χ2v) is 5.49. The first-order valence-electron chi connectivity index (χ1n) is 6.69. The van der Waals surface area contributed by atoms with Gasteiger partial charge in [-0.1, -0.05) is 23.2 Å². The van der Waals surface area contributed by atoms with Crippen molar-refractivity contribution in [3.05, 3.63) is 45.0 Å². The Hall–Kier alpha value is -2.58. The van der Waals surface area contributed by atoms with Crippen molar-refractivity contribution in [1.29, 1.82) is 0 Å². The number of rotatable bonds is 4. The summed E-state index contributed by atoms with van der Waals surface area (Å²) < 4.78 is 4.44. The Balaban J connectivity index is 0.000000251. The number of aromatic amines is 2. The van der Waals surface area contributed by atoms with E-state index in [1.54, 1.807) is 0 Å². The van der Waals surface area contributed by atoms with E-state index in [1.165, 1.54) is 33.2 Å². The van der Waals surface area contributed by atoms with Crippen LogP contribution in [0.5, 0.6) is 0 Å². The van der Waals surface area contributed by atoms with Crippen molar-refractivity contribution in [3.63, 3.8) is 0 Å². The lowest BCUT2D eigenvalue weighted by atomic mass is 10.2. The minimum Gasteiger partial charge on any atom is -0.477 e. The minimum absolute atomic E-state index is 0.0324. The monoisotopic (exact) mass is 388 g/mol. The van der Waals surface area contributed by atoms with E-state index in [9.17, 15) is 19.2 Å². The Labute approximate surface area is 152 Å². The number of ketones is 2. The van der Waals surface area contributed by atoms with Gasteiger partial charge >= 0.3 is 11.9 Å². The zero-order valence-corrected chi connectivity index (χ0v) is 14.9. The van der Waals surface area contributed by atoms with Crippen LogP contribution in [-0.2, 0) is 4.74 Å². The predicted octanol–water partition coefficient (Wildman–Crippen LogP) is 3.23. The molecule has 0 aliphatic heterocycles. The highest BCUT2D eigenvalue weighted by atomic mass is 35.5. The summed E-state index contributed by atoms with van der Waals surface area (Å²) in [4.78, 5) is 48.1. The van der Waals surface area contributed by atoms with Gasteiger partial charge in [0.25, 0.3) is 0 Å². The van der Waals surface area contributed by atoms with E-state index in [1.807, 2.05) is 0 Å². The van der Waals surface area contributed by atoms with E-state index < -0.39 is 11.9 Å². The lowest BCUT2D eigenvalue weighted by molar-refractivity contribution is 0.0594. The molecule has 0 atom stereocenters. The van der Waals surface area contributed by atoms with Gasteiger partial charge in [-0.3, -0.25) is 9.59 Å². The molecule has 0 spiro atoms. The molecule has 0 bridgehead atoms. The average molecular weight is 389 g/mol. The topological polar surface area (TPSA) is 129 Å². The van der Waals surface area contributed by atoms with Crippen molar-refractivity contribution in [2.45, 2.75) is 13.8 Å². The van der Waals surface area contributed by atoms with Crippen molar-refractivity contribution in [2.24, 2.45) is 0 Å². The van der Waals surface area contributed by atoms with Gasteiger partial charge in [0.2, 0.25) is 0 Å². The Kier molecular flexibility index (Phi) is 6.96. The van der Waals surface area contributed by atoms with Crippen molar-refractivity contribution >= 4 is 46.7 Å². The van der Waals surface area contributed by atoms with Gasteiger partial charge in [0.15, 0.2) is 11.6 Å². The van der Waals surface area contributed by atoms with Gasteiger partial charge in [-0.2, -0.15) is 0 Å². The van der Waals surface area contributed by atoms with Gasteiger partial charge in [0.05, 0.1) is 28.4 Å². The largest absolute Gasteiger partial charge is 0.477 e. The molecule has 0 aliphatic rings. The molecule has 3 N–H and O–H groups in total. The molecule has 0 radical (unpaired) electrons. The summed E-state index contributed by atoms with van der Waals surface area (Å²) in [5, 5.41) is 8.69. The number of carboxylic acid groups (broad SMARTS) is 1. The Bertz CT molecular complexity index is 806. The van der Waals surface area contributed by atoms with Crippen LogP contribution in [0, 0.1) is 0 Å². The normalized spacial score (nSPS) is 9.80. The molecular formula is C15H14Cl2N2O6. The molecule has 0 fully saturated rings. The minimum atomic E-state index is -1.17. The fourth-order valence-electron chi connectivity index (χ4n) is 1.69. The molecule has 10 heteroatoms. The van der Waals surface area contributed by atoms with Crippen LogP contribution in [-0.4, -0.2) is 45.7 Å². The first kappa shape index (κ1) is 20.5. The maximum Gasteiger partial charge on any atom is 0.356 e. The molecule has 8 nitrogen and oxygen atoms in total. The fraction of sp³-hybridized carbons (Fsp3) is 0.200. The van der Waals surface area contributed by atoms with Crippen LogP contribution in [0.2, 0.25) is 10.0 Å². The SMILES string of the molecule is CC(=O)c1c[nH]c(C(=O)O)c1Cl.COC(=O)c1[nH]c(C(C)=O)cc1Cl. The molecule has 134 valence electrons. The number of ether oxygens (including phenoxy) is 1. The zero-order chi connectivity index (χ0) is 19.3. The third-order valence-electron chi connectivity index (χ3n) is 2.95. The smallest absolute Gasteiger partial charge is 0.356 e. The maximum atomic E-state index is 11.0. The number of carbonyl (C=O) groups excluding carboxylic acids is 3. The van der Waals surface area contributed by atoms with E-state index in [0.29, 0.717) is 5.69 Å². The van der Waals surface area contributed by atoms with Crippen LogP contribution in [0.25, 0.3) is 0 Å². The second-order valence-electron chi connectivity index (χ2n) is 4.71. The lowest BCUT2D eigenvalue weighted by Crippen LogP contribution is -2.03. The van der Waals surface area contributed by atoms with Crippen molar-refractivity contribution in [1.82, 2.24) is 9.97 Å². The number of esters is 1. The van der Waals surface area contributed by atoms with Crippen LogP contribution in [0.4, 0.5) is 0 Å². The number of H-pyrrole nitrogens is 2. The summed E-state index contributed by atoms with van der Waals surface area (Å²) in [5.41, 5.74) is 0.454. The van der Waals surface area contributed by atoms with E-state index in [2.05, 4.69) is 14.7 Å². The quantitative estimate of drug-likeness (QED) is 0.544. The number of hydrogen-bond acceptors (Lipinski definition) is 5. The van der Waals surface area contributed by atoms with Crippen molar-refractivity contribution in [2.75, 3.05) is 7.11 Å². The molecule has 2 aromatic heterocycles. The highest BCUT2D eigenvalue weighted by Gasteiger charge is 2.17. The van der Waals surface area contributed by atoms with E-state index >= 15 is 0 Å². The molecule has 0 aromatic carbocycles. The fourth-order valence-corrected chi connectivity index (χ4v) is 2.24. The summed E-state index contributed by atoms with van der Waals surface area (Å²) in [7, 11) is 1.24. The number of methoxy groups -OCH3 is 1. The maximum absolute atomic E-state index is 11.0. The van der Waals surface area contributed by atoms with Crippen molar-refractivity contribution < 1.29 is 29.0 Å². The van der Waals surface area contributed by atoms with Gasteiger partial charge in [-0.05, 0) is 13.0 Å². The molecule has 2 aromatic rings. The molecule has 0 aliphatic carbocycles. The van der Waals surface area contributed by atoms with E-state index in [-0.39, 0.29) is 38.6 Å². The molecular weight excluding hydrogens is 375 g/mol. The first-order chi connectivity index (χ1) is 11.6. The average Bonchev–Trinajstić information content (AvgIpc) is 3.10. The standard InChI is InChI=1S/C8H8ClNO3.C7H6ClNO3/c1-4(11)6-3-5(9)7(10-6)8(12)13-2;1-3(10)4-2-9-6(5(4)8)7(11)12/h3,10H,1-2H3;2,9H,1H3,(H,11,12). The number of hydrogen-bond donors (Lipinski definition) is 3. The molecule has 0 amide bonds. The van der Waals surface area contributed by atoms with Crippen LogP contribution in [0.15, 0.2) is 12.3 Å². The number of carboxylic acids is 1. The Morgan fingerprint density at radius 1 is 1.08 bits per heavy atom. The van der Waals surface area contributed by atoms with E-state index in [4.69, 9.17) is 28.3 Å².